The van der Waals surface area contributed by atoms with E-state index in [2.05, 4.69) is 0 Å². The number of ketones is 1. The summed E-state index contributed by atoms with van der Waals surface area (Å²) in [6, 6.07) is 0. The van der Waals surface area contributed by atoms with Crippen LogP contribution in [0.2, 0.25) is 0 Å². The van der Waals surface area contributed by atoms with E-state index in [0.717, 1.165) is 6.92 Å². The molecule has 0 atom stereocenters. The van der Waals surface area contributed by atoms with Crippen molar-refractivity contribution in [1.82, 2.24) is 0 Å². The fraction of sp³-hybridized carbons (Fsp3) is 0.333. The molecule has 0 amide bonds. The van der Waals surface area contributed by atoms with Gasteiger partial charge in [0.1, 0.15) is 0 Å². The van der Waals surface area contributed by atoms with Crippen molar-refractivity contribution in [3.05, 3.63) is 0 Å². The molecule has 0 bridgehead atoms. The van der Waals surface area contributed by atoms with Crippen LogP contribution >= 0.6 is 0 Å². The summed E-state index contributed by atoms with van der Waals surface area (Å²) in [6.45, 7) is 1.00. The van der Waals surface area contributed by atoms with Crippen LogP contribution in [0.5, 0.6) is 0 Å². The molecule has 0 rings (SSSR count). The Morgan fingerprint density at radius 3 is 1.71 bits per heavy atom. The quantitative estimate of drug-likeness (QED) is 0.485. The molecule has 4 heteroatoms. The van der Waals surface area contributed by atoms with Gasteiger partial charge >= 0.3 is 54.9 Å². The van der Waals surface area contributed by atoms with Gasteiger partial charge in [0.15, 0.2) is 0 Å². The number of rotatable bonds is 1. The molecule has 0 aromatic carbocycles. The van der Waals surface area contributed by atoms with Crippen LogP contribution in [0.25, 0.3) is 0 Å². The Morgan fingerprint density at radius 1 is 1.57 bits per heavy atom. The van der Waals surface area contributed by atoms with Crippen LogP contribution in [0, 0.1) is 0 Å². The summed E-state index contributed by atoms with van der Waals surface area (Å²) in [5, 5.41) is 7.64. The smallest absolute Gasteiger partial charge is 1.00 e. The maximum Gasteiger partial charge on any atom is 2.00 e. The molecule has 0 unspecified atom stereocenters. The fourth-order valence-electron chi connectivity index (χ4n) is 0. The zero-order valence-corrected chi connectivity index (χ0v) is 8.41. The second-order valence-corrected chi connectivity index (χ2v) is 0.861. The van der Waals surface area contributed by atoms with E-state index in [9.17, 15) is 9.59 Å². The molecule has 1 N–H and O–H groups in total. The summed E-state index contributed by atoms with van der Waals surface area (Å²) < 4.78 is 0. The number of hydrogen-bond acceptors (Lipinski definition) is 2. The Balaban J connectivity index is -0.0000000417. The van der Waals surface area contributed by atoms with Crippen molar-refractivity contribution < 1.29 is 17.5 Å². The van der Waals surface area contributed by atoms with E-state index in [4.69, 9.17) is 5.11 Å². The van der Waals surface area contributed by atoms with E-state index in [1.54, 1.807) is 0 Å². The molecule has 0 aliphatic heterocycles. The number of carbonyl (C=O) groups excluding carboxylic acids is 1. The first-order valence-electron chi connectivity index (χ1n) is 1.38. The molecular weight excluding hydrogens is 221 g/mol. The molecule has 0 heterocycles. The first kappa shape index (κ1) is 10.6. The van der Waals surface area contributed by atoms with E-state index < -0.39 is 11.8 Å². The predicted octanol–water partition coefficient (Wildman–Crippen LogP) is -0.496. The average molecular weight is 227 g/mol. The summed E-state index contributed by atoms with van der Waals surface area (Å²) in [5.74, 6) is -2.20. The van der Waals surface area contributed by atoms with Crippen LogP contribution in [0.3, 0.4) is 0 Å². The van der Waals surface area contributed by atoms with Crippen molar-refractivity contribution in [2.45, 2.75) is 6.92 Å². The molecule has 0 aromatic rings. The number of carboxylic acid groups (broad SMARTS) is 1. The van der Waals surface area contributed by atoms with Gasteiger partial charge < -0.3 is 7.96 Å². The molecular formula is C3H6BaO3. The SMILES string of the molecule is CC(=O)C(=O)O.[Ba+2].[H-].[H-]. The summed E-state index contributed by atoms with van der Waals surface area (Å²) in [5.41, 5.74) is 0. The van der Waals surface area contributed by atoms with Gasteiger partial charge in [-0.3, -0.25) is 4.79 Å². The standard InChI is InChI=1S/C3H4O3.Ba.2H/c1-2(4)3(5)6;;;/h1H3,(H,5,6);;;/q;+2;2*-1. The van der Waals surface area contributed by atoms with E-state index in [0.29, 0.717) is 0 Å². The zero-order valence-electron chi connectivity index (χ0n) is 5.97. The second-order valence-electron chi connectivity index (χ2n) is 0.861. The molecule has 0 saturated heterocycles. The van der Waals surface area contributed by atoms with E-state index >= 15 is 0 Å². The van der Waals surface area contributed by atoms with Gasteiger partial charge in [0.25, 0.3) is 0 Å². The number of aliphatic carboxylic acids is 1. The molecule has 0 saturated carbocycles. The van der Waals surface area contributed by atoms with Crippen molar-refractivity contribution in [2.24, 2.45) is 0 Å². The number of hydrogen-bond donors (Lipinski definition) is 1. The van der Waals surface area contributed by atoms with Crippen molar-refractivity contribution in [1.29, 1.82) is 0 Å². The normalized spacial score (nSPS) is 6.43. The Morgan fingerprint density at radius 2 is 1.71 bits per heavy atom. The van der Waals surface area contributed by atoms with Crippen LogP contribution in [0.15, 0.2) is 0 Å². The Bertz CT molecular complexity index is 83.1. The molecule has 0 fully saturated rings. The van der Waals surface area contributed by atoms with Crippen LogP contribution in [-0.4, -0.2) is 65.7 Å². The average Bonchev–Trinajstić information content (AvgIpc) is 1.36. The van der Waals surface area contributed by atoms with Gasteiger partial charge in [0.2, 0.25) is 5.78 Å². The summed E-state index contributed by atoms with van der Waals surface area (Å²) >= 11 is 0. The Kier molecular flexibility index (Phi) is 7.39. The summed E-state index contributed by atoms with van der Waals surface area (Å²) in [7, 11) is 0. The largest absolute Gasteiger partial charge is 2.00 e. The van der Waals surface area contributed by atoms with E-state index in [1.165, 1.54) is 0 Å². The Labute approximate surface area is 84.1 Å². The summed E-state index contributed by atoms with van der Waals surface area (Å²) in [6.07, 6.45) is 0. The van der Waals surface area contributed by atoms with Gasteiger partial charge in [-0.1, -0.05) is 0 Å². The van der Waals surface area contributed by atoms with E-state index in [1.807, 2.05) is 0 Å². The third kappa shape index (κ3) is 6.71. The minimum absolute atomic E-state index is 0. The number of carbonyl (C=O) groups is 2. The molecule has 0 aromatic heterocycles. The topological polar surface area (TPSA) is 54.4 Å². The van der Waals surface area contributed by atoms with Gasteiger partial charge in [0.05, 0.1) is 0 Å². The number of Topliss-reactive ketones (excluding diaryl/α,β-unsaturated/α-hetero) is 1. The molecule has 0 aliphatic carbocycles. The monoisotopic (exact) mass is 228 g/mol. The first-order chi connectivity index (χ1) is 2.64. The second kappa shape index (κ2) is 4.86. The maximum absolute atomic E-state index is 9.54. The molecule has 38 valence electrons. The minimum atomic E-state index is -1.38. The van der Waals surface area contributed by atoms with Crippen LogP contribution in [-0.2, 0) is 9.59 Å². The fourth-order valence-corrected chi connectivity index (χ4v) is 0. The Hall–Kier alpha value is 0.711. The van der Waals surface area contributed by atoms with Gasteiger partial charge in [0, 0.05) is 6.92 Å². The van der Waals surface area contributed by atoms with Crippen molar-refractivity contribution in [3.8, 4) is 0 Å². The molecule has 7 heavy (non-hydrogen) atoms. The van der Waals surface area contributed by atoms with Gasteiger partial charge in [-0.25, -0.2) is 4.79 Å². The molecule has 3 nitrogen and oxygen atoms in total. The molecule has 0 aliphatic rings. The number of carboxylic acids is 1. The zero-order chi connectivity index (χ0) is 5.15. The minimum Gasteiger partial charge on any atom is -1.00 e. The van der Waals surface area contributed by atoms with Gasteiger partial charge in [-0.2, -0.15) is 0 Å². The third-order valence-electron chi connectivity index (χ3n) is 0.301. The summed E-state index contributed by atoms with van der Waals surface area (Å²) in [4.78, 5) is 18.9. The van der Waals surface area contributed by atoms with Gasteiger partial charge in [-0.05, 0) is 0 Å². The van der Waals surface area contributed by atoms with Crippen LogP contribution in [0.1, 0.15) is 9.78 Å². The predicted molar refractivity (Wildman–Crippen MR) is 26.3 cm³/mol. The molecule has 0 spiro atoms. The van der Waals surface area contributed by atoms with Crippen molar-refractivity contribution >= 4 is 60.6 Å². The van der Waals surface area contributed by atoms with Gasteiger partial charge in [-0.15, -0.1) is 0 Å². The first-order valence-corrected chi connectivity index (χ1v) is 1.38. The van der Waals surface area contributed by atoms with E-state index in [-0.39, 0.29) is 51.7 Å². The maximum atomic E-state index is 9.54. The molecule has 0 radical (unpaired) electrons. The van der Waals surface area contributed by atoms with Crippen molar-refractivity contribution in [2.75, 3.05) is 0 Å². The van der Waals surface area contributed by atoms with Crippen molar-refractivity contribution in [3.63, 3.8) is 0 Å². The third-order valence-corrected chi connectivity index (χ3v) is 0.301. The van der Waals surface area contributed by atoms with Crippen LogP contribution < -0.4 is 0 Å². The van der Waals surface area contributed by atoms with Crippen LogP contribution in [0.4, 0.5) is 0 Å².